The van der Waals surface area contributed by atoms with Crippen molar-refractivity contribution in [2.24, 2.45) is 5.73 Å². The number of amides is 1. The molecule has 0 aliphatic heterocycles. The summed E-state index contributed by atoms with van der Waals surface area (Å²) in [6, 6.07) is 3.16. The number of nitrogens with zero attached hydrogens (tertiary/aromatic N) is 3. The number of aromatic nitrogens is 2. The summed E-state index contributed by atoms with van der Waals surface area (Å²) in [4.78, 5) is 17.6. The number of carbonyl (C=O) groups is 1. The normalized spacial score (nSPS) is 8.64. The van der Waals surface area contributed by atoms with Gasteiger partial charge < -0.3 is 5.73 Å². The van der Waals surface area contributed by atoms with E-state index < -0.39 is 5.91 Å². The van der Waals surface area contributed by atoms with Gasteiger partial charge in [0.05, 0.1) is 0 Å². The molecule has 5 heteroatoms. The number of rotatable bonds is 1. The summed E-state index contributed by atoms with van der Waals surface area (Å²) < 4.78 is 0. The number of primary amides is 1. The molecule has 1 aromatic rings. The van der Waals surface area contributed by atoms with Crippen molar-refractivity contribution >= 4 is 5.91 Å². The van der Waals surface area contributed by atoms with E-state index in [2.05, 4.69) is 9.97 Å². The van der Waals surface area contributed by atoms with Gasteiger partial charge in [0.15, 0.2) is 0 Å². The van der Waals surface area contributed by atoms with Gasteiger partial charge in [-0.15, -0.1) is 0 Å². The summed E-state index contributed by atoms with van der Waals surface area (Å²) in [5, 5.41) is 8.35. The van der Waals surface area contributed by atoms with Gasteiger partial charge >= 0.3 is 0 Å². The van der Waals surface area contributed by atoms with Gasteiger partial charge in [-0.05, 0) is 6.07 Å². The molecule has 0 radical (unpaired) electrons. The third-order valence-corrected chi connectivity index (χ3v) is 0.991. The molecule has 0 aromatic carbocycles. The predicted molar refractivity (Wildman–Crippen MR) is 35.3 cm³/mol. The van der Waals surface area contributed by atoms with Crippen molar-refractivity contribution in [3.05, 3.63) is 23.8 Å². The van der Waals surface area contributed by atoms with E-state index in [1.54, 1.807) is 6.07 Å². The van der Waals surface area contributed by atoms with Gasteiger partial charge in [-0.1, -0.05) is 0 Å². The van der Waals surface area contributed by atoms with Crippen LogP contribution in [0, 0.1) is 11.3 Å². The van der Waals surface area contributed by atoms with Crippen LogP contribution in [0.4, 0.5) is 0 Å². The van der Waals surface area contributed by atoms with Crippen LogP contribution in [0.15, 0.2) is 12.3 Å². The SMILES string of the molecule is N#Cc1ccnc(C(N)=O)n1. The van der Waals surface area contributed by atoms with Crippen LogP contribution in [0.25, 0.3) is 0 Å². The molecule has 1 amide bonds. The van der Waals surface area contributed by atoms with Gasteiger partial charge in [-0.2, -0.15) is 5.26 Å². The fourth-order valence-corrected chi connectivity index (χ4v) is 0.540. The first-order valence-electron chi connectivity index (χ1n) is 2.77. The van der Waals surface area contributed by atoms with Crippen LogP contribution in [-0.4, -0.2) is 15.9 Å². The van der Waals surface area contributed by atoms with Gasteiger partial charge in [-0.3, -0.25) is 4.79 Å². The van der Waals surface area contributed by atoms with E-state index in [-0.39, 0.29) is 11.5 Å². The predicted octanol–water partition coefficient (Wildman–Crippen LogP) is -0.553. The second kappa shape index (κ2) is 2.75. The molecule has 1 heterocycles. The van der Waals surface area contributed by atoms with Crippen LogP contribution < -0.4 is 5.73 Å². The molecule has 0 bridgehead atoms. The molecule has 0 saturated carbocycles. The van der Waals surface area contributed by atoms with E-state index in [4.69, 9.17) is 11.0 Å². The highest BCUT2D eigenvalue weighted by atomic mass is 16.1. The quantitative estimate of drug-likeness (QED) is 0.578. The number of nitrogens with two attached hydrogens (primary N) is 1. The second-order valence-electron chi connectivity index (χ2n) is 1.74. The molecule has 1 aromatic heterocycles. The van der Waals surface area contributed by atoms with Crippen molar-refractivity contribution in [1.29, 1.82) is 5.26 Å². The Morgan fingerprint density at radius 2 is 2.45 bits per heavy atom. The molecular weight excluding hydrogens is 144 g/mol. The Morgan fingerprint density at radius 1 is 1.73 bits per heavy atom. The van der Waals surface area contributed by atoms with Crippen molar-refractivity contribution in [2.45, 2.75) is 0 Å². The second-order valence-corrected chi connectivity index (χ2v) is 1.74. The maximum atomic E-state index is 10.5. The van der Waals surface area contributed by atoms with Gasteiger partial charge in [0.25, 0.3) is 5.91 Å². The molecule has 0 unspecified atom stereocenters. The van der Waals surface area contributed by atoms with Crippen LogP contribution in [0.5, 0.6) is 0 Å². The minimum atomic E-state index is -0.734. The summed E-state index contributed by atoms with van der Waals surface area (Å²) in [7, 11) is 0. The minimum absolute atomic E-state index is 0.133. The largest absolute Gasteiger partial charge is 0.363 e. The highest BCUT2D eigenvalue weighted by Gasteiger charge is 2.03. The maximum absolute atomic E-state index is 10.5. The summed E-state index contributed by atoms with van der Waals surface area (Å²) in [5.41, 5.74) is 5.00. The van der Waals surface area contributed by atoms with Crippen molar-refractivity contribution in [3.8, 4) is 6.07 Å². The van der Waals surface area contributed by atoms with E-state index in [1.807, 2.05) is 0 Å². The smallest absolute Gasteiger partial charge is 0.286 e. The van der Waals surface area contributed by atoms with Crippen molar-refractivity contribution in [2.75, 3.05) is 0 Å². The average molecular weight is 148 g/mol. The van der Waals surface area contributed by atoms with E-state index >= 15 is 0 Å². The van der Waals surface area contributed by atoms with E-state index in [0.717, 1.165) is 0 Å². The monoisotopic (exact) mass is 148 g/mol. The number of hydrogen-bond donors (Lipinski definition) is 1. The van der Waals surface area contributed by atoms with Gasteiger partial charge in [0.2, 0.25) is 5.82 Å². The molecule has 0 atom stereocenters. The zero-order valence-electron chi connectivity index (χ0n) is 5.48. The third-order valence-electron chi connectivity index (χ3n) is 0.991. The van der Waals surface area contributed by atoms with Gasteiger partial charge in [-0.25, -0.2) is 9.97 Å². The van der Waals surface area contributed by atoms with Crippen LogP contribution in [-0.2, 0) is 0 Å². The lowest BCUT2D eigenvalue weighted by molar-refractivity contribution is 0.0990. The summed E-state index contributed by atoms with van der Waals surface area (Å²) in [6.45, 7) is 0. The van der Waals surface area contributed by atoms with Crippen molar-refractivity contribution in [1.82, 2.24) is 9.97 Å². The summed E-state index contributed by atoms with van der Waals surface area (Å²) >= 11 is 0. The van der Waals surface area contributed by atoms with Gasteiger partial charge in [0.1, 0.15) is 11.8 Å². The van der Waals surface area contributed by atoms with Crippen LogP contribution >= 0.6 is 0 Å². The highest BCUT2D eigenvalue weighted by Crippen LogP contribution is 1.91. The van der Waals surface area contributed by atoms with E-state index in [9.17, 15) is 4.79 Å². The Kier molecular flexibility index (Phi) is 1.79. The zero-order valence-corrected chi connectivity index (χ0v) is 5.48. The van der Waals surface area contributed by atoms with Gasteiger partial charge in [0, 0.05) is 6.20 Å². The van der Waals surface area contributed by atoms with E-state index in [0.29, 0.717) is 0 Å². The van der Waals surface area contributed by atoms with E-state index in [1.165, 1.54) is 12.3 Å². The lowest BCUT2D eigenvalue weighted by Crippen LogP contribution is -2.15. The van der Waals surface area contributed by atoms with Crippen LogP contribution in [0.2, 0.25) is 0 Å². The molecule has 0 saturated heterocycles. The van der Waals surface area contributed by atoms with Crippen LogP contribution in [0.1, 0.15) is 16.3 Å². The lowest BCUT2D eigenvalue weighted by atomic mass is 10.4. The minimum Gasteiger partial charge on any atom is -0.363 e. The molecular formula is C6H4N4O. The maximum Gasteiger partial charge on any atom is 0.286 e. The molecule has 54 valence electrons. The Bertz CT molecular complexity index is 328. The third kappa shape index (κ3) is 1.49. The number of carbonyl (C=O) groups excluding carboxylic acids is 1. The zero-order chi connectivity index (χ0) is 8.27. The first-order chi connectivity index (χ1) is 5.24. The molecule has 11 heavy (non-hydrogen) atoms. The Morgan fingerprint density at radius 3 is 3.00 bits per heavy atom. The molecule has 0 fully saturated rings. The molecule has 0 spiro atoms. The van der Waals surface area contributed by atoms with Crippen LogP contribution in [0.3, 0.4) is 0 Å². The lowest BCUT2D eigenvalue weighted by Gasteiger charge is -1.91. The first-order valence-corrected chi connectivity index (χ1v) is 2.77. The number of nitriles is 1. The van der Waals surface area contributed by atoms with Crippen molar-refractivity contribution < 1.29 is 4.79 Å². The fourth-order valence-electron chi connectivity index (χ4n) is 0.540. The molecule has 2 N–H and O–H groups in total. The first kappa shape index (κ1) is 7.15. The summed E-state index contributed by atoms with van der Waals surface area (Å²) in [5.74, 6) is -0.869. The fraction of sp³-hybridized carbons (Fsp3) is 0. The molecule has 0 aliphatic carbocycles. The Hall–Kier alpha value is -1.96. The Balaban J connectivity index is 3.13. The Labute approximate surface area is 62.5 Å². The summed E-state index contributed by atoms with van der Waals surface area (Å²) in [6.07, 6.45) is 1.31. The molecule has 5 nitrogen and oxygen atoms in total. The number of hydrogen-bond acceptors (Lipinski definition) is 4. The standard InChI is InChI=1S/C6H4N4O/c7-3-4-1-2-9-6(10-4)5(8)11/h1-2H,(H2,8,11). The average Bonchev–Trinajstić information content (AvgIpc) is 2.05. The molecule has 1 rings (SSSR count). The highest BCUT2D eigenvalue weighted by molar-refractivity contribution is 5.88. The van der Waals surface area contributed by atoms with Crippen molar-refractivity contribution in [3.63, 3.8) is 0 Å². The molecule has 0 aliphatic rings. The topological polar surface area (TPSA) is 92.7 Å².